The van der Waals surface area contributed by atoms with Crippen LogP contribution in [0.25, 0.3) is 0 Å². The van der Waals surface area contributed by atoms with E-state index >= 15 is 0 Å². The Morgan fingerprint density at radius 1 is 0.161 bits per heavy atom. The van der Waals surface area contributed by atoms with E-state index < -0.39 is 4.25 Å². The summed E-state index contributed by atoms with van der Waals surface area (Å²) in [5, 5.41) is 0. The Balaban J connectivity index is 5.08. The van der Waals surface area contributed by atoms with Crippen LogP contribution in [0.2, 0.25) is 0 Å². The molecule has 0 aliphatic rings. The van der Waals surface area contributed by atoms with Gasteiger partial charge in [-0.25, -0.2) is 0 Å². The maximum atomic E-state index is 3.32. The molecule has 0 saturated carbocycles. The quantitative estimate of drug-likeness (QED) is 0.0324. The summed E-state index contributed by atoms with van der Waals surface area (Å²) in [4.78, 5) is 0. The first-order chi connectivity index (χ1) is 30.5. The molecule has 0 N–H and O–H groups in total. The maximum absolute atomic E-state index is 3.32. The molecule has 0 aliphatic heterocycles. The molecule has 0 saturated heterocycles. The second-order valence-electron chi connectivity index (χ2n) is 21.7. The van der Waals surface area contributed by atoms with E-state index in [-0.39, 0.29) is 0 Å². The van der Waals surface area contributed by atoms with Gasteiger partial charge in [-0.3, -0.25) is 0 Å². The van der Waals surface area contributed by atoms with Gasteiger partial charge in [0.2, 0.25) is 0 Å². The monoisotopic (exact) mass is 1000 g/mol. The smallest absolute Gasteiger partial charge is 0.0654 e. The Labute approximate surface area is 410 Å². The molecule has 376 valence electrons. The number of rotatable bonds is 56. The van der Waals surface area contributed by atoms with Gasteiger partial charge in [0, 0.05) is 0 Å². The van der Waals surface area contributed by atoms with Crippen molar-refractivity contribution in [1.29, 1.82) is 0 Å². The molecule has 62 heavy (non-hydrogen) atoms. The van der Waals surface area contributed by atoms with Gasteiger partial charge in [0.25, 0.3) is 0 Å². The van der Waals surface area contributed by atoms with E-state index in [1.807, 2.05) is 0 Å². The molecule has 0 atom stereocenters. The van der Waals surface area contributed by atoms with Gasteiger partial charge in [0.1, 0.15) is 0 Å². The van der Waals surface area contributed by atoms with Gasteiger partial charge >= 0.3 is 333 Å². The first-order valence-corrected chi connectivity index (χ1v) is 36.0. The molecule has 2 heteroatoms. The predicted octanol–water partition coefficient (Wildman–Crippen LogP) is 24.3. The van der Waals surface area contributed by atoms with Crippen molar-refractivity contribution in [3.8, 4) is 0 Å². The first-order valence-electron chi connectivity index (χ1n) is 30.3. The fraction of sp³-hybridized carbons (Fsp3) is 1.00. The van der Waals surface area contributed by atoms with Gasteiger partial charge in [-0.2, -0.15) is 0 Å². The van der Waals surface area contributed by atoms with Gasteiger partial charge in [0.05, 0.1) is 0 Å². The van der Waals surface area contributed by atoms with Crippen molar-refractivity contribution in [2.45, 2.75) is 362 Å². The molecular formula is C60H124IP. The predicted molar refractivity (Wildman–Crippen MR) is 303 cm³/mol. The summed E-state index contributed by atoms with van der Waals surface area (Å²) in [5.41, 5.74) is 0. The van der Waals surface area contributed by atoms with Crippen molar-refractivity contribution >= 4 is 26.3 Å². The minimum Gasteiger partial charge on any atom is -0.0654 e. The zero-order valence-electron chi connectivity index (χ0n) is 44.4. The van der Waals surface area contributed by atoms with Crippen LogP contribution >= 0.6 is 26.3 Å². The van der Waals surface area contributed by atoms with Crippen LogP contribution in [-0.2, 0) is 0 Å². The molecule has 0 unspecified atom stereocenters. The van der Waals surface area contributed by atoms with Gasteiger partial charge in [0.15, 0.2) is 0 Å². The van der Waals surface area contributed by atoms with Crippen molar-refractivity contribution in [1.82, 2.24) is 0 Å². The fourth-order valence-electron chi connectivity index (χ4n) is 10.8. The topological polar surface area (TPSA) is 0 Å². The summed E-state index contributed by atoms with van der Waals surface area (Å²) in [5.74, 6) is 0. The van der Waals surface area contributed by atoms with Crippen LogP contribution in [0.5, 0.6) is 0 Å². The molecule has 0 fully saturated rings. The van der Waals surface area contributed by atoms with Crippen LogP contribution in [0.3, 0.4) is 0 Å². The van der Waals surface area contributed by atoms with Crippen LogP contribution in [0.4, 0.5) is 0 Å². The molecule has 0 rings (SSSR count). The molecule has 0 aromatic carbocycles. The summed E-state index contributed by atoms with van der Waals surface area (Å²) in [7, 11) is 0. The summed E-state index contributed by atoms with van der Waals surface area (Å²) >= 11 is 3.32. The minimum absolute atomic E-state index is 1.37. The SMILES string of the molecule is CCCCCCCCCCCCCCCP(I)(CCCCCCCCCCCCCCC)(CCCCCCCCCCCCCCC)CCCCCCCCCCCCCCC. The van der Waals surface area contributed by atoms with Crippen LogP contribution in [0.15, 0.2) is 0 Å². The molecule has 0 spiro atoms. The first kappa shape index (κ1) is 63.2. The van der Waals surface area contributed by atoms with E-state index in [4.69, 9.17) is 0 Å². The minimum atomic E-state index is -1.73. The molecule has 0 amide bonds. The zero-order valence-corrected chi connectivity index (χ0v) is 47.5. The van der Waals surface area contributed by atoms with E-state index in [2.05, 4.69) is 49.7 Å². The second-order valence-corrected chi connectivity index (χ2v) is 35.3. The van der Waals surface area contributed by atoms with Gasteiger partial charge in [-0.15, -0.1) is 0 Å². The molecule has 0 aliphatic carbocycles. The van der Waals surface area contributed by atoms with Crippen LogP contribution < -0.4 is 0 Å². The Bertz CT molecular complexity index is 677. The third-order valence-corrected chi connectivity index (χ3v) is 26.8. The van der Waals surface area contributed by atoms with E-state index in [9.17, 15) is 0 Å². The van der Waals surface area contributed by atoms with Gasteiger partial charge < -0.3 is 0 Å². The third-order valence-electron chi connectivity index (χ3n) is 15.3. The normalized spacial score (nSPS) is 12.7. The average Bonchev–Trinajstić information content (AvgIpc) is 3.27. The van der Waals surface area contributed by atoms with Gasteiger partial charge in [-0.1, -0.05) is 79.1 Å². The number of unbranched alkanes of at least 4 members (excludes halogenated alkanes) is 48. The number of halogens is 1. The van der Waals surface area contributed by atoms with Crippen molar-refractivity contribution in [3.05, 3.63) is 0 Å². The molecule has 0 aromatic rings. The van der Waals surface area contributed by atoms with Crippen LogP contribution in [0, 0.1) is 0 Å². The molecule has 0 nitrogen and oxygen atoms in total. The van der Waals surface area contributed by atoms with Crippen LogP contribution in [-0.4, -0.2) is 24.6 Å². The zero-order chi connectivity index (χ0) is 45.0. The summed E-state index contributed by atoms with van der Waals surface area (Å²) in [6.45, 7) is 9.35. The van der Waals surface area contributed by atoms with E-state index in [1.165, 1.54) is 308 Å². The molecular weight excluding hydrogens is 879 g/mol. The van der Waals surface area contributed by atoms with Crippen molar-refractivity contribution in [2.24, 2.45) is 0 Å². The van der Waals surface area contributed by atoms with Crippen molar-refractivity contribution < 1.29 is 0 Å². The van der Waals surface area contributed by atoms with E-state index in [1.54, 1.807) is 50.3 Å². The van der Waals surface area contributed by atoms with E-state index in [0.717, 1.165) is 0 Å². The Hall–Kier alpha value is 1.16. The molecule has 0 heterocycles. The molecule has 0 bridgehead atoms. The Kier molecular flexibility index (Phi) is 52.5. The number of hydrogen-bond acceptors (Lipinski definition) is 0. The Morgan fingerprint density at radius 2 is 0.258 bits per heavy atom. The molecule has 0 aromatic heterocycles. The van der Waals surface area contributed by atoms with E-state index in [0.29, 0.717) is 0 Å². The standard InChI is InChI=1S/C60H124IP/c1-5-9-13-17-21-25-29-33-37-41-45-49-53-57-62(61,58-54-50-46-42-38-34-30-26-22-18-14-10-6-2,59-55-51-47-43-39-35-31-27-23-19-15-11-7-3)60-56-52-48-44-40-36-32-28-24-20-16-12-8-4/h5-60H2,1-4H3. The number of hydrogen-bond donors (Lipinski definition) is 0. The summed E-state index contributed by atoms with van der Waals surface area (Å²) in [6.07, 6.45) is 83.8. The average molecular weight is 1000 g/mol. The fourth-order valence-corrected chi connectivity index (χ4v) is 20.3. The van der Waals surface area contributed by atoms with Crippen molar-refractivity contribution in [3.63, 3.8) is 0 Å². The van der Waals surface area contributed by atoms with Crippen LogP contribution in [0.1, 0.15) is 362 Å². The summed E-state index contributed by atoms with van der Waals surface area (Å²) < 4.78 is -1.73. The van der Waals surface area contributed by atoms with Crippen molar-refractivity contribution in [2.75, 3.05) is 24.6 Å². The Morgan fingerprint density at radius 3 is 0.371 bits per heavy atom. The third kappa shape index (κ3) is 46.3. The summed E-state index contributed by atoms with van der Waals surface area (Å²) in [6, 6.07) is 0. The second kappa shape index (κ2) is 51.5. The van der Waals surface area contributed by atoms with Gasteiger partial charge in [-0.05, 0) is 0 Å². The molecule has 0 radical (unpaired) electrons.